The molecule has 0 saturated carbocycles. The van der Waals surface area contributed by atoms with Crippen LogP contribution in [0.15, 0.2) is 24.3 Å². The molecular weight excluding hydrogens is 174 g/mol. The summed E-state index contributed by atoms with van der Waals surface area (Å²) in [5, 5.41) is 9.69. The highest BCUT2D eigenvalue weighted by molar-refractivity contribution is 5.23. The van der Waals surface area contributed by atoms with Crippen molar-refractivity contribution in [3.63, 3.8) is 0 Å². The zero-order chi connectivity index (χ0) is 10.8. The van der Waals surface area contributed by atoms with E-state index in [1.165, 1.54) is 11.1 Å². The molecule has 0 fully saturated rings. The average Bonchev–Trinajstić information content (AvgIpc) is 2.02. The van der Waals surface area contributed by atoms with Gasteiger partial charge in [-0.1, -0.05) is 29.8 Å². The van der Waals surface area contributed by atoms with Crippen LogP contribution in [-0.2, 0) is 6.42 Å². The highest BCUT2D eigenvalue weighted by atomic mass is 16.3. The first kappa shape index (κ1) is 11.2. The maximum atomic E-state index is 9.69. The van der Waals surface area contributed by atoms with Gasteiger partial charge >= 0.3 is 0 Å². The topological polar surface area (TPSA) is 46.2 Å². The van der Waals surface area contributed by atoms with Crippen LogP contribution in [0.1, 0.15) is 25.0 Å². The minimum Gasteiger partial charge on any atom is -0.389 e. The number of rotatable bonds is 3. The molecule has 0 heterocycles. The van der Waals surface area contributed by atoms with E-state index in [1.807, 2.05) is 12.1 Å². The second-order valence-corrected chi connectivity index (χ2v) is 4.45. The molecule has 0 aliphatic heterocycles. The molecule has 1 aromatic rings. The molecule has 0 aromatic heterocycles. The van der Waals surface area contributed by atoms with Crippen LogP contribution in [0.4, 0.5) is 0 Å². The summed E-state index contributed by atoms with van der Waals surface area (Å²) in [5.41, 5.74) is 7.47. The van der Waals surface area contributed by atoms with E-state index < -0.39 is 5.60 Å². The van der Waals surface area contributed by atoms with Gasteiger partial charge in [0.15, 0.2) is 0 Å². The Hall–Kier alpha value is -0.860. The lowest BCUT2D eigenvalue weighted by Crippen LogP contribution is -2.44. The summed E-state index contributed by atoms with van der Waals surface area (Å²) in [7, 11) is 0. The Labute approximate surface area is 85.8 Å². The molecule has 2 heteroatoms. The van der Waals surface area contributed by atoms with Gasteiger partial charge in [0, 0.05) is 6.04 Å². The smallest absolute Gasteiger partial charge is 0.0745 e. The second-order valence-electron chi connectivity index (χ2n) is 4.45. The zero-order valence-corrected chi connectivity index (χ0v) is 9.12. The Morgan fingerprint density at radius 1 is 1.43 bits per heavy atom. The highest BCUT2D eigenvalue weighted by Crippen LogP contribution is 2.13. The predicted molar refractivity (Wildman–Crippen MR) is 59.2 cm³/mol. The van der Waals surface area contributed by atoms with Crippen molar-refractivity contribution in [1.82, 2.24) is 0 Å². The Morgan fingerprint density at radius 3 is 2.57 bits per heavy atom. The Morgan fingerprint density at radius 2 is 2.07 bits per heavy atom. The van der Waals surface area contributed by atoms with E-state index in [4.69, 9.17) is 5.73 Å². The summed E-state index contributed by atoms with van der Waals surface area (Å²) < 4.78 is 0. The Kier molecular flexibility index (Phi) is 3.29. The van der Waals surface area contributed by atoms with Crippen LogP contribution in [0.5, 0.6) is 0 Å². The molecule has 0 radical (unpaired) electrons. The lowest BCUT2D eigenvalue weighted by Gasteiger charge is -2.25. The van der Waals surface area contributed by atoms with Gasteiger partial charge in [-0.2, -0.15) is 0 Å². The molecule has 0 amide bonds. The van der Waals surface area contributed by atoms with Gasteiger partial charge in [-0.25, -0.2) is 0 Å². The van der Waals surface area contributed by atoms with Gasteiger partial charge in [0.25, 0.3) is 0 Å². The molecule has 0 bridgehead atoms. The maximum Gasteiger partial charge on any atom is 0.0745 e. The quantitative estimate of drug-likeness (QED) is 0.766. The molecule has 0 saturated heterocycles. The van der Waals surface area contributed by atoms with Gasteiger partial charge < -0.3 is 10.8 Å². The van der Waals surface area contributed by atoms with E-state index >= 15 is 0 Å². The predicted octanol–water partition coefficient (Wildman–Crippen LogP) is 1.64. The van der Waals surface area contributed by atoms with Crippen molar-refractivity contribution < 1.29 is 5.11 Å². The fourth-order valence-electron chi connectivity index (χ4n) is 1.34. The number of aryl methyl sites for hydroxylation is 1. The first-order chi connectivity index (χ1) is 6.39. The molecule has 0 aliphatic rings. The van der Waals surface area contributed by atoms with Crippen molar-refractivity contribution in [2.24, 2.45) is 5.73 Å². The molecule has 1 atom stereocenters. The first-order valence-electron chi connectivity index (χ1n) is 4.93. The van der Waals surface area contributed by atoms with Crippen molar-refractivity contribution in [2.75, 3.05) is 0 Å². The summed E-state index contributed by atoms with van der Waals surface area (Å²) in [6.45, 7) is 5.54. The van der Waals surface area contributed by atoms with Crippen molar-refractivity contribution in [2.45, 2.75) is 38.8 Å². The van der Waals surface area contributed by atoms with Gasteiger partial charge in [-0.05, 0) is 32.8 Å². The lowest BCUT2D eigenvalue weighted by molar-refractivity contribution is 0.0521. The molecule has 0 spiro atoms. The standard InChI is InChI=1S/C12H19NO/c1-9-5-4-6-10(7-9)8-11(13)12(2,3)14/h4-7,11,14H,8,13H2,1-3H3. The van der Waals surface area contributed by atoms with Crippen LogP contribution in [0.25, 0.3) is 0 Å². The Bertz CT molecular complexity index is 301. The average molecular weight is 193 g/mol. The van der Waals surface area contributed by atoms with Gasteiger partial charge in [0.05, 0.1) is 5.60 Å². The van der Waals surface area contributed by atoms with Crippen molar-refractivity contribution in [1.29, 1.82) is 0 Å². The maximum absolute atomic E-state index is 9.69. The minimum absolute atomic E-state index is 0.218. The molecule has 14 heavy (non-hydrogen) atoms. The fraction of sp³-hybridized carbons (Fsp3) is 0.500. The van der Waals surface area contributed by atoms with Crippen LogP contribution in [0.2, 0.25) is 0 Å². The highest BCUT2D eigenvalue weighted by Gasteiger charge is 2.22. The minimum atomic E-state index is -0.816. The molecule has 0 aliphatic carbocycles. The van der Waals surface area contributed by atoms with E-state index in [0.717, 1.165) is 0 Å². The number of hydrogen-bond acceptors (Lipinski definition) is 2. The zero-order valence-electron chi connectivity index (χ0n) is 9.12. The third-order valence-corrected chi connectivity index (χ3v) is 2.45. The fourth-order valence-corrected chi connectivity index (χ4v) is 1.34. The summed E-state index contributed by atoms with van der Waals surface area (Å²) in [6, 6.07) is 8.00. The van der Waals surface area contributed by atoms with E-state index in [9.17, 15) is 5.11 Å². The van der Waals surface area contributed by atoms with Crippen LogP contribution in [0, 0.1) is 6.92 Å². The van der Waals surface area contributed by atoms with Gasteiger partial charge in [0.1, 0.15) is 0 Å². The molecule has 1 unspecified atom stereocenters. The van der Waals surface area contributed by atoms with E-state index in [2.05, 4.69) is 19.1 Å². The van der Waals surface area contributed by atoms with Crippen LogP contribution in [0.3, 0.4) is 0 Å². The molecule has 3 N–H and O–H groups in total. The number of nitrogens with two attached hydrogens (primary N) is 1. The van der Waals surface area contributed by atoms with Gasteiger partial charge in [0.2, 0.25) is 0 Å². The van der Waals surface area contributed by atoms with Crippen LogP contribution < -0.4 is 5.73 Å². The number of aliphatic hydroxyl groups is 1. The van der Waals surface area contributed by atoms with E-state index in [-0.39, 0.29) is 6.04 Å². The third kappa shape index (κ3) is 3.13. The van der Waals surface area contributed by atoms with Crippen LogP contribution >= 0.6 is 0 Å². The number of hydrogen-bond donors (Lipinski definition) is 2. The Balaban J connectivity index is 2.70. The molecule has 78 valence electrons. The first-order valence-corrected chi connectivity index (χ1v) is 4.93. The third-order valence-electron chi connectivity index (χ3n) is 2.45. The molecule has 2 nitrogen and oxygen atoms in total. The van der Waals surface area contributed by atoms with Crippen molar-refractivity contribution in [3.05, 3.63) is 35.4 Å². The summed E-state index contributed by atoms with van der Waals surface area (Å²) in [4.78, 5) is 0. The largest absolute Gasteiger partial charge is 0.389 e. The van der Waals surface area contributed by atoms with Crippen LogP contribution in [-0.4, -0.2) is 16.7 Å². The van der Waals surface area contributed by atoms with Gasteiger partial charge in [-0.15, -0.1) is 0 Å². The normalized spacial score (nSPS) is 14.1. The monoisotopic (exact) mass is 193 g/mol. The molecule has 1 aromatic carbocycles. The van der Waals surface area contributed by atoms with Crippen molar-refractivity contribution >= 4 is 0 Å². The molecular formula is C12H19NO. The van der Waals surface area contributed by atoms with Crippen molar-refractivity contribution in [3.8, 4) is 0 Å². The number of benzene rings is 1. The summed E-state index contributed by atoms with van der Waals surface area (Å²) in [5.74, 6) is 0. The van der Waals surface area contributed by atoms with Gasteiger partial charge in [-0.3, -0.25) is 0 Å². The lowest BCUT2D eigenvalue weighted by atomic mass is 9.93. The second kappa shape index (κ2) is 4.11. The summed E-state index contributed by atoms with van der Waals surface area (Å²) >= 11 is 0. The van der Waals surface area contributed by atoms with E-state index in [1.54, 1.807) is 13.8 Å². The molecule has 1 rings (SSSR count). The SMILES string of the molecule is Cc1cccc(CC(N)C(C)(C)O)c1. The summed E-state index contributed by atoms with van der Waals surface area (Å²) in [6.07, 6.45) is 0.713. The van der Waals surface area contributed by atoms with E-state index in [0.29, 0.717) is 6.42 Å².